The Morgan fingerprint density at radius 2 is 1.86 bits per heavy atom. The van der Waals surface area contributed by atoms with Crippen LogP contribution in [0.3, 0.4) is 0 Å². The number of nitrogens with one attached hydrogen (secondary N) is 1. The zero-order valence-electron chi connectivity index (χ0n) is 21.1. The monoisotopic (exact) mass is 501 g/mol. The second kappa shape index (κ2) is 10.1. The summed E-state index contributed by atoms with van der Waals surface area (Å²) < 4.78 is 0. The van der Waals surface area contributed by atoms with Gasteiger partial charge in [0.05, 0.1) is 0 Å². The van der Waals surface area contributed by atoms with Crippen LogP contribution in [-0.4, -0.2) is 82.9 Å². The van der Waals surface area contributed by atoms with E-state index in [2.05, 4.69) is 16.0 Å². The summed E-state index contributed by atoms with van der Waals surface area (Å²) in [5.41, 5.74) is 3.79. The van der Waals surface area contributed by atoms with Crippen LogP contribution in [0.4, 0.5) is 5.82 Å². The highest BCUT2D eigenvalue weighted by molar-refractivity contribution is 5.98. The molecule has 9 heteroatoms. The fourth-order valence-corrected chi connectivity index (χ4v) is 5.24. The number of rotatable bonds is 5. The molecule has 3 aromatic rings. The number of carboxylic acids is 1. The first-order valence-corrected chi connectivity index (χ1v) is 12.6. The number of piperidine rings is 1. The van der Waals surface area contributed by atoms with Crippen molar-refractivity contribution in [3.63, 3.8) is 0 Å². The third-order valence-corrected chi connectivity index (χ3v) is 7.25. The molecule has 1 fully saturated rings. The minimum absolute atomic E-state index is 0.0697. The van der Waals surface area contributed by atoms with E-state index in [-0.39, 0.29) is 23.3 Å². The maximum atomic E-state index is 13.4. The molecule has 1 aromatic carbocycles. The first-order chi connectivity index (χ1) is 17.8. The Morgan fingerprint density at radius 1 is 1.08 bits per heavy atom. The zero-order chi connectivity index (χ0) is 26.1. The molecule has 0 unspecified atom stereocenters. The molecule has 37 heavy (non-hydrogen) atoms. The predicted molar refractivity (Wildman–Crippen MR) is 142 cm³/mol. The van der Waals surface area contributed by atoms with E-state index in [0.717, 1.165) is 28.5 Å². The van der Waals surface area contributed by atoms with E-state index in [4.69, 9.17) is 0 Å². The van der Waals surface area contributed by atoms with Crippen LogP contribution < -0.4 is 4.90 Å². The normalized spacial score (nSPS) is 16.5. The average Bonchev–Trinajstić information content (AvgIpc) is 3.35. The van der Waals surface area contributed by atoms with Gasteiger partial charge in [0.25, 0.3) is 5.91 Å². The third-order valence-electron chi connectivity index (χ3n) is 7.25. The van der Waals surface area contributed by atoms with Gasteiger partial charge in [-0.15, -0.1) is 0 Å². The van der Waals surface area contributed by atoms with Gasteiger partial charge in [-0.1, -0.05) is 18.2 Å². The second-order valence-electron chi connectivity index (χ2n) is 9.90. The quantitative estimate of drug-likeness (QED) is 0.554. The van der Waals surface area contributed by atoms with Crippen LogP contribution in [-0.2, 0) is 4.79 Å². The van der Waals surface area contributed by atoms with Crippen molar-refractivity contribution in [1.29, 1.82) is 0 Å². The molecule has 4 heterocycles. The van der Waals surface area contributed by atoms with Crippen LogP contribution >= 0.6 is 0 Å². The lowest BCUT2D eigenvalue weighted by Gasteiger charge is -2.36. The number of hydrogen-bond acceptors (Lipinski definition) is 5. The van der Waals surface area contributed by atoms with Crippen LogP contribution in [0.1, 0.15) is 45.7 Å². The van der Waals surface area contributed by atoms with Gasteiger partial charge in [0.2, 0.25) is 5.91 Å². The number of aromatic carboxylic acids is 1. The summed E-state index contributed by atoms with van der Waals surface area (Å²) in [6.45, 7) is 2.44. The lowest BCUT2D eigenvalue weighted by Crippen LogP contribution is -2.44. The van der Waals surface area contributed by atoms with Crippen molar-refractivity contribution >= 4 is 40.1 Å². The van der Waals surface area contributed by atoms with Crippen molar-refractivity contribution < 1.29 is 19.5 Å². The first kappa shape index (κ1) is 24.5. The fourth-order valence-electron chi connectivity index (χ4n) is 5.24. The minimum atomic E-state index is -0.994. The van der Waals surface area contributed by atoms with Gasteiger partial charge in [-0.05, 0) is 54.7 Å². The maximum absolute atomic E-state index is 13.4. The van der Waals surface area contributed by atoms with E-state index in [1.807, 2.05) is 34.1 Å². The molecule has 2 amide bonds. The highest BCUT2D eigenvalue weighted by Gasteiger charge is 2.31. The molecular formula is C28H31N5O4. The Bertz CT molecular complexity index is 1380. The van der Waals surface area contributed by atoms with E-state index >= 15 is 0 Å². The van der Waals surface area contributed by atoms with Gasteiger partial charge >= 0.3 is 5.97 Å². The highest BCUT2D eigenvalue weighted by atomic mass is 16.4. The summed E-state index contributed by atoms with van der Waals surface area (Å²) in [6.07, 6.45) is 5.92. The van der Waals surface area contributed by atoms with E-state index < -0.39 is 5.97 Å². The largest absolute Gasteiger partial charge is 0.478 e. The summed E-state index contributed by atoms with van der Waals surface area (Å²) in [7, 11) is 3.46. The zero-order valence-corrected chi connectivity index (χ0v) is 21.1. The molecular weight excluding hydrogens is 470 g/mol. The highest BCUT2D eigenvalue weighted by Crippen LogP contribution is 2.29. The van der Waals surface area contributed by atoms with Crippen molar-refractivity contribution in [2.24, 2.45) is 5.92 Å². The van der Waals surface area contributed by atoms with E-state index in [1.54, 1.807) is 37.3 Å². The van der Waals surface area contributed by atoms with Crippen LogP contribution in [0.25, 0.3) is 16.5 Å². The number of aromatic amines is 1. The number of amides is 2. The molecule has 2 aromatic heterocycles. The summed E-state index contributed by atoms with van der Waals surface area (Å²) in [6, 6.07) is 11.2. The number of nitrogens with zero attached hydrogens (tertiary/aromatic N) is 4. The van der Waals surface area contributed by atoms with Gasteiger partial charge in [0.1, 0.15) is 17.1 Å². The van der Waals surface area contributed by atoms with Crippen LogP contribution in [0.5, 0.6) is 0 Å². The summed E-state index contributed by atoms with van der Waals surface area (Å²) in [5, 5.41) is 10.5. The van der Waals surface area contributed by atoms with E-state index in [1.165, 1.54) is 0 Å². The number of pyridine rings is 1. The second-order valence-corrected chi connectivity index (χ2v) is 9.90. The number of hydrogen-bond donors (Lipinski definition) is 2. The van der Waals surface area contributed by atoms with Crippen molar-refractivity contribution in [2.75, 3.05) is 45.2 Å². The van der Waals surface area contributed by atoms with Crippen LogP contribution in [0, 0.1) is 5.92 Å². The third kappa shape index (κ3) is 4.94. The summed E-state index contributed by atoms with van der Waals surface area (Å²) in [5.74, 6) is -0.520. The number of carbonyl (C=O) groups excluding carboxylic acids is 2. The van der Waals surface area contributed by atoms with Gasteiger partial charge in [0.15, 0.2) is 0 Å². The number of anilines is 1. The Balaban J connectivity index is 1.24. The first-order valence-electron chi connectivity index (χ1n) is 12.6. The van der Waals surface area contributed by atoms with Crippen molar-refractivity contribution in [3.05, 3.63) is 65.5 Å². The average molecular weight is 502 g/mol. The van der Waals surface area contributed by atoms with Gasteiger partial charge in [-0.3, -0.25) is 9.59 Å². The molecule has 0 radical (unpaired) electrons. The standard InChI is InChI=1S/C28H31N5O4/c1-31(2)27(35)24-16-20-8-7-19(15-23(20)30-24)21-5-4-12-33(17-21)26(34)18-9-13-32(14-10-18)25-22(28(36)37)6-3-11-29-25/h3,5-8,11,15-16,18,30H,4,9-10,12-14,17H2,1-2H3,(H,36,37). The Kier molecular flexibility index (Phi) is 6.69. The summed E-state index contributed by atoms with van der Waals surface area (Å²) in [4.78, 5) is 50.3. The molecule has 0 aliphatic carbocycles. The van der Waals surface area contributed by atoms with Crippen molar-refractivity contribution in [1.82, 2.24) is 19.8 Å². The van der Waals surface area contributed by atoms with E-state index in [9.17, 15) is 19.5 Å². The minimum Gasteiger partial charge on any atom is -0.478 e. The fraction of sp³-hybridized carbons (Fsp3) is 0.357. The number of benzene rings is 1. The molecule has 1 saturated heterocycles. The molecule has 0 saturated carbocycles. The number of H-pyrrole nitrogens is 1. The Hall–Kier alpha value is -4.14. The topological polar surface area (TPSA) is 110 Å². The van der Waals surface area contributed by atoms with E-state index in [0.29, 0.717) is 50.5 Å². The molecule has 0 atom stereocenters. The molecule has 2 aliphatic rings. The van der Waals surface area contributed by atoms with Gasteiger partial charge in [-0.25, -0.2) is 9.78 Å². The maximum Gasteiger partial charge on any atom is 0.339 e. The molecule has 0 spiro atoms. The number of aromatic nitrogens is 2. The SMILES string of the molecule is CN(C)C(=O)c1cc2ccc(C3=CCCN(C(=O)C4CCN(c5ncccc5C(=O)O)CC4)C3)cc2[nH]1. The lowest BCUT2D eigenvalue weighted by atomic mass is 9.93. The van der Waals surface area contributed by atoms with Gasteiger partial charge in [-0.2, -0.15) is 0 Å². The lowest BCUT2D eigenvalue weighted by molar-refractivity contribution is -0.135. The van der Waals surface area contributed by atoms with Crippen molar-refractivity contribution in [2.45, 2.75) is 19.3 Å². The van der Waals surface area contributed by atoms with Crippen molar-refractivity contribution in [3.8, 4) is 0 Å². The molecule has 192 valence electrons. The molecule has 2 aliphatic heterocycles. The predicted octanol–water partition coefficient (Wildman–Crippen LogP) is 3.50. The van der Waals surface area contributed by atoms with Crippen LogP contribution in [0.2, 0.25) is 0 Å². The number of carbonyl (C=O) groups is 3. The van der Waals surface area contributed by atoms with Gasteiger partial charge < -0.3 is 24.8 Å². The number of fused-ring (bicyclic) bond motifs is 1. The summed E-state index contributed by atoms with van der Waals surface area (Å²) >= 11 is 0. The molecule has 2 N–H and O–H groups in total. The molecule has 0 bridgehead atoms. The Labute approximate surface area is 215 Å². The smallest absolute Gasteiger partial charge is 0.339 e. The number of carboxylic acid groups (broad SMARTS) is 1. The van der Waals surface area contributed by atoms with Crippen LogP contribution in [0.15, 0.2) is 48.7 Å². The Morgan fingerprint density at radius 3 is 2.59 bits per heavy atom. The molecule has 9 nitrogen and oxygen atoms in total. The molecule has 5 rings (SSSR count). The van der Waals surface area contributed by atoms with Gasteiger partial charge in [0, 0.05) is 63.3 Å².